The second-order valence-electron chi connectivity index (χ2n) is 6.65. The third-order valence-corrected chi connectivity index (χ3v) is 6.00. The number of carbonyl (C=O) groups is 1. The standard InChI is InChI=1S/C19H18BrFN4O2S/c1-11(18(26)22-16-7-6-13(20)9-15(16)21)28-19-24-23-17(12-4-5-12)25(19)10-14-3-2-8-27-14/h2-3,6-9,11-12H,4-5,10H2,1H3,(H,22,26). The average molecular weight is 465 g/mol. The molecule has 1 atom stereocenters. The predicted octanol–water partition coefficient (Wildman–Crippen LogP) is 4.82. The molecular weight excluding hydrogens is 447 g/mol. The SMILES string of the molecule is CC(Sc1nnc(C2CC2)n1Cc1ccco1)C(=O)Nc1ccc(Br)cc1F. The zero-order chi connectivity index (χ0) is 19.7. The molecule has 4 rings (SSSR count). The molecule has 1 aromatic carbocycles. The van der Waals surface area contributed by atoms with Gasteiger partial charge in [-0.15, -0.1) is 10.2 Å². The molecule has 2 aromatic heterocycles. The Morgan fingerprint density at radius 3 is 2.93 bits per heavy atom. The van der Waals surface area contributed by atoms with Gasteiger partial charge in [0.05, 0.1) is 23.7 Å². The highest BCUT2D eigenvalue weighted by molar-refractivity contribution is 9.10. The summed E-state index contributed by atoms with van der Waals surface area (Å²) >= 11 is 4.50. The number of benzene rings is 1. The van der Waals surface area contributed by atoms with Crippen LogP contribution in [0.5, 0.6) is 0 Å². The highest BCUT2D eigenvalue weighted by Crippen LogP contribution is 2.40. The van der Waals surface area contributed by atoms with Gasteiger partial charge in [-0.2, -0.15) is 0 Å². The maximum atomic E-state index is 14.0. The minimum Gasteiger partial charge on any atom is -0.467 e. The number of halogens is 2. The lowest BCUT2D eigenvalue weighted by Crippen LogP contribution is -2.23. The van der Waals surface area contributed by atoms with Crippen molar-refractivity contribution in [2.45, 2.75) is 42.6 Å². The molecule has 0 bridgehead atoms. The molecule has 0 aliphatic heterocycles. The minimum absolute atomic E-state index is 0.149. The molecule has 1 N–H and O–H groups in total. The molecule has 146 valence electrons. The monoisotopic (exact) mass is 464 g/mol. The number of nitrogens with zero attached hydrogens (tertiary/aromatic N) is 3. The van der Waals surface area contributed by atoms with Crippen LogP contribution in [0.4, 0.5) is 10.1 Å². The van der Waals surface area contributed by atoms with Gasteiger partial charge in [-0.25, -0.2) is 4.39 Å². The van der Waals surface area contributed by atoms with Gasteiger partial charge in [0.25, 0.3) is 0 Å². The fourth-order valence-corrected chi connectivity index (χ4v) is 3.96. The Bertz CT molecular complexity index is 988. The van der Waals surface area contributed by atoms with Gasteiger partial charge in [-0.05, 0) is 50.1 Å². The van der Waals surface area contributed by atoms with Crippen molar-refractivity contribution in [2.75, 3.05) is 5.32 Å². The Hall–Kier alpha value is -2.13. The van der Waals surface area contributed by atoms with Crippen LogP contribution in [0.1, 0.15) is 37.3 Å². The molecule has 1 saturated carbocycles. The number of aromatic nitrogens is 3. The van der Waals surface area contributed by atoms with E-state index in [1.807, 2.05) is 16.7 Å². The summed E-state index contributed by atoms with van der Waals surface area (Å²) in [6, 6.07) is 8.26. The van der Waals surface area contributed by atoms with Crippen LogP contribution in [0.3, 0.4) is 0 Å². The molecule has 1 fully saturated rings. The van der Waals surface area contributed by atoms with Crippen LogP contribution in [0.15, 0.2) is 50.6 Å². The van der Waals surface area contributed by atoms with Gasteiger partial charge < -0.3 is 9.73 Å². The molecule has 0 saturated heterocycles. The van der Waals surface area contributed by atoms with Crippen LogP contribution in [-0.2, 0) is 11.3 Å². The topological polar surface area (TPSA) is 73.0 Å². The van der Waals surface area contributed by atoms with Crippen molar-refractivity contribution in [3.8, 4) is 0 Å². The summed E-state index contributed by atoms with van der Waals surface area (Å²) in [7, 11) is 0. The zero-order valence-corrected chi connectivity index (χ0v) is 17.5. The van der Waals surface area contributed by atoms with E-state index in [9.17, 15) is 9.18 Å². The minimum atomic E-state index is -0.489. The molecule has 9 heteroatoms. The molecule has 0 spiro atoms. The van der Waals surface area contributed by atoms with Crippen molar-refractivity contribution in [2.24, 2.45) is 0 Å². The fraction of sp³-hybridized carbons (Fsp3) is 0.316. The Labute approximate surface area is 174 Å². The molecule has 0 radical (unpaired) electrons. The number of carbonyl (C=O) groups excluding carboxylic acids is 1. The molecule has 1 aliphatic carbocycles. The van der Waals surface area contributed by atoms with E-state index in [0.29, 0.717) is 22.1 Å². The summed E-state index contributed by atoms with van der Waals surface area (Å²) in [5.41, 5.74) is 0.149. The lowest BCUT2D eigenvalue weighted by Gasteiger charge is -2.13. The first kappa shape index (κ1) is 19.2. The fourth-order valence-electron chi connectivity index (χ4n) is 2.77. The van der Waals surface area contributed by atoms with Gasteiger partial charge in [0, 0.05) is 10.4 Å². The molecule has 2 heterocycles. The third kappa shape index (κ3) is 4.30. The van der Waals surface area contributed by atoms with Crippen molar-refractivity contribution in [1.82, 2.24) is 14.8 Å². The van der Waals surface area contributed by atoms with E-state index in [1.165, 1.54) is 23.9 Å². The quantitative estimate of drug-likeness (QED) is 0.507. The molecule has 1 amide bonds. The number of hydrogen-bond donors (Lipinski definition) is 1. The van der Waals surface area contributed by atoms with E-state index in [-0.39, 0.29) is 11.6 Å². The van der Waals surface area contributed by atoms with Crippen molar-refractivity contribution in [3.63, 3.8) is 0 Å². The first-order valence-corrected chi connectivity index (χ1v) is 10.6. The van der Waals surface area contributed by atoms with Crippen LogP contribution in [0.2, 0.25) is 0 Å². The van der Waals surface area contributed by atoms with Gasteiger partial charge in [0.2, 0.25) is 5.91 Å². The summed E-state index contributed by atoms with van der Waals surface area (Å²) in [4.78, 5) is 12.5. The Kier molecular flexibility index (Phi) is 5.54. The van der Waals surface area contributed by atoms with Crippen LogP contribution < -0.4 is 5.32 Å². The summed E-state index contributed by atoms with van der Waals surface area (Å²) in [6.07, 6.45) is 3.83. The maximum absolute atomic E-state index is 14.0. The molecule has 6 nitrogen and oxygen atoms in total. The number of furan rings is 1. The average Bonchev–Trinajstić information content (AvgIpc) is 3.23. The van der Waals surface area contributed by atoms with Gasteiger partial charge >= 0.3 is 0 Å². The largest absolute Gasteiger partial charge is 0.467 e. The number of thioether (sulfide) groups is 1. The number of anilines is 1. The normalized spacial score (nSPS) is 14.8. The van der Waals surface area contributed by atoms with E-state index in [4.69, 9.17) is 4.42 Å². The first-order chi connectivity index (χ1) is 13.5. The second kappa shape index (κ2) is 8.08. The third-order valence-electron chi connectivity index (χ3n) is 4.42. The number of hydrogen-bond acceptors (Lipinski definition) is 5. The van der Waals surface area contributed by atoms with Gasteiger partial charge in [-0.3, -0.25) is 9.36 Å². The Morgan fingerprint density at radius 2 is 2.25 bits per heavy atom. The molecular formula is C19H18BrFN4O2S. The number of rotatable bonds is 7. The first-order valence-electron chi connectivity index (χ1n) is 8.89. The maximum Gasteiger partial charge on any atom is 0.237 e. The highest BCUT2D eigenvalue weighted by Gasteiger charge is 2.31. The van der Waals surface area contributed by atoms with E-state index in [0.717, 1.165) is 24.4 Å². The van der Waals surface area contributed by atoms with Crippen LogP contribution in [0, 0.1) is 5.82 Å². The molecule has 1 unspecified atom stereocenters. The van der Waals surface area contributed by atoms with Crippen LogP contribution in [-0.4, -0.2) is 25.9 Å². The number of nitrogens with one attached hydrogen (secondary N) is 1. The Morgan fingerprint density at radius 1 is 1.43 bits per heavy atom. The van der Waals surface area contributed by atoms with Gasteiger partial charge in [0.1, 0.15) is 17.4 Å². The second-order valence-corrected chi connectivity index (χ2v) is 8.88. The van der Waals surface area contributed by atoms with E-state index in [2.05, 4.69) is 31.4 Å². The number of amides is 1. The van der Waals surface area contributed by atoms with Crippen molar-refractivity contribution < 1.29 is 13.6 Å². The van der Waals surface area contributed by atoms with Crippen LogP contribution >= 0.6 is 27.7 Å². The summed E-state index contributed by atoms with van der Waals surface area (Å²) in [5.74, 6) is 1.35. The van der Waals surface area contributed by atoms with Crippen molar-refractivity contribution >= 4 is 39.3 Å². The summed E-state index contributed by atoms with van der Waals surface area (Å²) < 4.78 is 22.1. The predicted molar refractivity (Wildman–Crippen MR) is 108 cm³/mol. The van der Waals surface area contributed by atoms with E-state index >= 15 is 0 Å². The lowest BCUT2D eigenvalue weighted by atomic mass is 10.3. The molecule has 1 aliphatic rings. The Balaban J connectivity index is 1.49. The lowest BCUT2D eigenvalue weighted by molar-refractivity contribution is -0.115. The van der Waals surface area contributed by atoms with Crippen LogP contribution in [0.25, 0.3) is 0 Å². The van der Waals surface area contributed by atoms with E-state index in [1.54, 1.807) is 19.3 Å². The van der Waals surface area contributed by atoms with Crippen molar-refractivity contribution in [1.29, 1.82) is 0 Å². The van der Waals surface area contributed by atoms with Gasteiger partial charge in [0.15, 0.2) is 5.16 Å². The van der Waals surface area contributed by atoms with Gasteiger partial charge in [-0.1, -0.05) is 27.7 Å². The van der Waals surface area contributed by atoms with Crippen molar-refractivity contribution in [3.05, 3.63) is 58.5 Å². The summed E-state index contributed by atoms with van der Waals surface area (Å²) in [6.45, 7) is 2.28. The molecule has 3 aromatic rings. The zero-order valence-electron chi connectivity index (χ0n) is 15.1. The summed E-state index contributed by atoms with van der Waals surface area (Å²) in [5, 5.41) is 11.4. The molecule has 28 heavy (non-hydrogen) atoms. The smallest absolute Gasteiger partial charge is 0.237 e. The van der Waals surface area contributed by atoms with E-state index < -0.39 is 11.1 Å². The highest BCUT2D eigenvalue weighted by atomic mass is 79.9.